The van der Waals surface area contributed by atoms with Gasteiger partial charge < -0.3 is 15.5 Å². The molecule has 1 aromatic rings. The zero-order valence-corrected chi connectivity index (χ0v) is 14.1. The smallest absolute Gasteiger partial charge is 0.243 e. The summed E-state index contributed by atoms with van der Waals surface area (Å²) in [6, 6.07) is 7.92. The molecular weight excluding hydrogens is 290 g/mol. The maximum absolute atomic E-state index is 11.8. The van der Waals surface area contributed by atoms with Crippen LogP contribution in [0.4, 0.5) is 11.4 Å². The van der Waals surface area contributed by atoms with Gasteiger partial charge in [-0.15, -0.1) is 0 Å². The minimum atomic E-state index is -0.200. The highest BCUT2D eigenvalue weighted by Crippen LogP contribution is 2.24. The van der Waals surface area contributed by atoms with Crippen LogP contribution in [0, 0.1) is 5.92 Å². The third-order valence-electron chi connectivity index (χ3n) is 4.22. The quantitative estimate of drug-likeness (QED) is 0.848. The van der Waals surface area contributed by atoms with Crippen LogP contribution < -0.4 is 15.5 Å². The molecule has 0 radical (unpaired) electrons. The predicted molar refractivity (Wildman–Crippen MR) is 93.6 cm³/mol. The van der Waals surface area contributed by atoms with Gasteiger partial charge in [-0.3, -0.25) is 9.59 Å². The number of nitrogens with zero attached hydrogens (tertiary/aromatic N) is 1. The number of nitrogens with one attached hydrogen (secondary N) is 2. The molecule has 1 aromatic carbocycles. The maximum Gasteiger partial charge on any atom is 0.243 e. The van der Waals surface area contributed by atoms with Crippen molar-refractivity contribution < 1.29 is 9.59 Å². The van der Waals surface area contributed by atoms with Gasteiger partial charge in [-0.2, -0.15) is 0 Å². The van der Waals surface area contributed by atoms with E-state index in [2.05, 4.69) is 22.5 Å². The zero-order chi connectivity index (χ0) is 16.7. The molecule has 1 aliphatic rings. The van der Waals surface area contributed by atoms with E-state index < -0.39 is 0 Å². The normalized spacial score (nSPS) is 15.3. The number of benzene rings is 1. The van der Waals surface area contributed by atoms with E-state index in [1.54, 1.807) is 0 Å². The molecule has 1 fully saturated rings. The zero-order valence-electron chi connectivity index (χ0n) is 14.1. The average molecular weight is 317 g/mol. The van der Waals surface area contributed by atoms with Crippen molar-refractivity contribution in [3.8, 4) is 0 Å². The van der Waals surface area contributed by atoms with E-state index in [0.717, 1.165) is 31.1 Å². The van der Waals surface area contributed by atoms with Gasteiger partial charge in [0.25, 0.3) is 0 Å². The Morgan fingerprint density at radius 2 is 1.78 bits per heavy atom. The van der Waals surface area contributed by atoms with Crippen LogP contribution in [0.1, 0.15) is 39.5 Å². The topological polar surface area (TPSA) is 61.4 Å². The third-order valence-corrected chi connectivity index (χ3v) is 4.22. The van der Waals surface area contributed by atoms with Gasteiger partial charge >= 0.3 is 0 Å². The van der Waals surface area contributed by atoms with Crippen molar-refractivity contribution in [2.45, 2.75) is 39.5 Å². The molecule has 0 saturated carbocycles. The van der Waals surface area contributed by atoms with E-state index in [1.807, 2.05) is 31.2 Å². The Morgan fingerprint density at radius 1 is 1.13 bits per heavy atom. The Morgan fingerprint density at radius 3 is 2.39 bits per heavy atom. The van der Waals surface area contributed by atoms with Crippen LogP contribution in [0.2, 0.25) is 0 Å². The van der Waals surface area contributed by atoms with E-state index >= 15 is 0 Å². The second kappa shape index (κ2) is 8.56. The molecule has 2 rings (SSSR count). The molecule has 0 aromatic heterocycles. The first-order chi connectivity index (χ1) is 11.1. The number of piperidine rings is 1. The molecular formula is C18H27N3O2. The van der Waals surface area contributed by atoms with Gasteiger partial charge in [0.05, 0.1) is 6.54 Å². The SMILES string of the molecule is CCCC(=O)NCC(=O)Nc1ccc(N2CCC(C)CC2)cc1. The van der Waals surface area contributed by atoms with Crippen molar-refractivity contribution in [3.05, 3.63) is 24.3 Å². The first kappa shape index (κ1) is 17.3. The van der Waals surface area contributed by atoms with Crippen molar-refractivity contribution in [1.29, 1.82) is 0 Å². The number of rotatable bonds is 6. The highest BCUT2D eigenvalue weighted by Gasteiger charge is 2.15. The second-order valence-electron chi connectivity index (χ2n) is 6.29. The lowest BCUT2D eigenvalue weighted by atomic mass is 9.99. The predicted octanol–water partition coefficient (Wildman–Crippen LogP) is 2.78. The lowest BCUT2D eigenvalue weighted by molar-refractivity contribution is -0.124. The van der Waals surface area contributed by atoms with E-state index in [0.29, 0.717) is 6.42 Å². The highest BCUT2D eigenvalue weighted by atomic mass is 16.2. The first-order valence-corrected chi connectivity index (χ1v) is 8.50. The van der Waals surface area contributed by atoms with Crippen molar-refractivity contribution in [1.82, 2.24) is 5.32 Å². The van der Waals surface area contributed by atoms with Gasteiger partial charge in [-0.25, -0.2) is 0 Å². The summed E-state index contributed by atoms with van der Waals surface area (Å²) in [5.41, 5.74) is 1.96. The number of anilines is 2. The van der Waals surface area contributed by atoms with Crippen LogP contribution in [-0.2, 0) is 9.59 Å². The molecule has 0 atom stereocenters. The second-order valence-corrected chi connectivity index (χ2v) is 6.29. The number of hydrogen-bond donors (Lipinski definition) is 2. The molecule has 0 spiro atoms. The fourth-order valence-corrected chi connectivity index (χ4v) is 2.72. The highest BCUT2D eigenvalue weighted by molar-refractivity contribution is 5.94. The van der Waals surface area contributed by atoms with Gasteiger partial charge in [0.2, 0.25) is 11.8 Å². The number of amides is 2. The average Bonchev–Trinajstić information content (AvgIpc) is 2.55. The number of hydrogen-bond acceptors (Lipinski definition) is 3. The van der Waals surface area contributed by atoms with Crippen molar-refractivity contribution in [3.63, 3.8) is 0 Å². The van der Waals surface area contributed by atoms with Crippen LogP contribution in [0.25, 0.3) is 0 Å². The minimum Gasteiger partial charge on any atom is -0.372 e. The molecule has 2 amide bonds. The summed E-state index contributed by atoms with van der Waals surface area (Å²) in [5.74, 6) is 0.527. The number of carbonyl (C=O) groups is 2. The molecule has 5 nitrogen and oxygen atoms in total. The molecule has 126 valence electrons. The Kier molecular flexibility index (Phi) is 6.44. The van der Waals surface area contributed by atoms with Gasteiger partial charge in [0, 0.05) is 30.9 Å². The third kappa shape index (κ3) is 5.58. The van der Waals surface area contributed by atoms with Gasteiger partial charge in [-0.05, 0) is 49.4 Å². The fourth-order valence-electron chi connectivity index (χ4n) is 2.72. The van der Waals surface area contributed by atoms with Crippen molar-refractivity contribution in [2.75, 3.05) is 29.9 Å². The molecule has 1 aliphatic heterocycles. The van der Waals surface area contributed by atoms with Gasteiger partial charge in [0.15, 0.2) is 0 Å². The van der Waals surface area contributed by atoms with Crippen LogP contribution in [0.15, 0.2) is 24.3 Å². The molecule has 5 heteroatoms. The van der Waals surface area contributed by atoms with E-state index in [1.165, 1.54) is 18.5 Å². The molecule has 2 N–H and O–H groups in total. The molecule has 1 heterocycles. The fraction of sp³-hybridized carbons (Fsp3) is 0.556. The van der Waals surface area contributed by atoms with Crippen molar-refractivity contribution in [2.24, 2.45) is 5.92 Å². The summed E-state index contributed by atoms with van der Waals surface area (Å²) >= 11 is 0. The molecule has 23 heavy (non-hydrogen) atoms. The molecule has 1 saturated heterocycles. The Bertz CT molecular complexity index is 520. The lowest BCUT2D eigenvalue weighted by Crippen LogP contribution is -2.33. The van der Waals surface area contributed by atoms with Crippen LogP contribution >= 0.6 is 0 Å². The standard InChI is InChI=1S/C18H27N3O2/c1-3-4-17(22)19-13-18(23)20-15-5-7-16(8-6-15)21-11-9-14(2)10-12-21/h5-8,14H,3-4,9-13H2,1-2H3,(H,19,22)(H,20,23). The van der Waals surface area contributed by atoms with Crippen LogP contribution in [-0.4, -0.2) is 31.4 Å². The monoisotopic (exact) mass is 317 g/mol. The van der Waals surface area contributed by atoms with Crippen LogP contribution in [0.5, 0.6) is 0 Å². The van der Waals surface area contributed by atoms with Gasteiger partial charge in [-0.1, -0.05) is 13.8 Å². The van der Waals surface area contributed by atoms with E-state index in [4.69, 9.17) is 0 Å². The van der Waals surface area contributed by atoms with E-state index in [9.17, 15) is 9.59 Å². The summed E-state index contributed by atoms with van der Waals surface area (Å²) in [4.78, 5) is 25.5. The lowest BCUT2D eigenvalue weighted by Gasteiger charge is -2.32. The summed E-state index contributed by atoms with van der Waals surface area (Å²) < 4.78 is 0. The molecule has 0 aliphatic carbocycles. The Labute approximate surface area is 138 Å². The molecule has 0 unspecified atom stereocenters. The van der Waals surface area contributed by atoms with Gasteiger partial charge in [0.1, 0.15) is 0 Å². The summed E-state index contributed by atoms with van der Waals surface area (Å²) in [7, 11) is 0. The largest absolute Gasteiger partial charge is 0.372 e. The summed E-state index contributed by atoms with van der Waals surface area (Å²) in [6.07, 6.45) is 3.70. The minimum absolute atomic E-state index is 0.0185. The van der Waals surface area contributed by atoms with E-state index in [-0.39, 0.29) is 18.4 Å². The maximum atomic E-state index is 11.8. The Balaban J connectivity index is 1.80. The Hall–Kier alpha value is -2.04. The first-order valence-electron chi connectivity index (χ1n) is 8.50. The summed E-state index contributed by atoms with van der Waals surface area (Å²) in [6.45, 7) is 6.44. The summed E-state index contributed by atoms with van der Waals surface area (Å²) in [5, 5.41) is 5.42. The van der Waals surface area contributed by atoms with Crippen molar-refractivity contribution >= 4 is 23.2 Å². The molecule has 0 bridgehead atoms. The number of carbonyl (C=O) groups excluding carboxylic acids is 2. The van der Waals surface area contributed by atoms with Crippen LogP contribution in [0.3, 0.4) is 0 Å².